The van der Waals surface area contributed by atoms with E-state index in [0.717, 1.165) is 4.90 Å². The molecule has 3 rings (SSSR count). The average molecular weight is 337 g/mol. The van der Waals surface area contributed by atoms with E-state index in [2.05, 4.69) is 0 Å². The number of fused-ring (bicyclic) bond motifs is 1. The van der Waals surface area contributed by atoms with Gasteiger partial charge in [0.25, 0.3) is 11.8 Å². The van der Waals surface area contributed by atoms with E-state index >= 15 is 0 Å². The molecule has 0 atom stereocenters. The van der Waals surface area contributed by atoms with Gasteiger partial charge in [-0.3, -0.25) is 14.5 Å². The molecule has 2 amide bonds. The van der Waals surface area contributed by atoms with E-state index in [9.17, 15) is 22.8 Å². The highest BCUT2D eigenvalue weighted by molar-refractivity contribution is 8.00. The van der Waals surface area contributed by atoms with Gasteiger partial charge in [0, 0.05) is 4.90 Å². The summed E-state index contributed by atoms with van der Waals surface area (Å²) in [6, 6.07) is 12.1. The first-order valence-electron chi connectivity index (χ1n) is 6.65. The van der Waals surface area contributed by atoms with Crippen molar-refractivity contribution in [1.82, 2.24) is 4.90 Å². The van der Waals surface area contributed by atoms with Gasteiger partial charge in [-0.15, -0.1) is 0 Å². The Labute approximate surface area is 134 Å². The quantitative estimate of drug-likeness (QED) is 0.625. The van der Waals surface area contributed by atoms with Gasteiger partial charge in [-0.1, -0.05) is 24.3 Å². The van der Waals surface area contributed by atoms with E-state index < -0.39 is 5.51 Å². The van der Waals surface area contributed by atoms with Crippen LogP contribution >= 0.6 is 11.8 Å². The summed E-state index contributed by atoms with van der Waals surface area (Å²) < 4.78 is 36.9. The zero-order valence-electron chi connectivity index (χ0n) is 11.6. The summed E-state index contributed by atoms with van der Waals surface area (Å²) in [5, 5.41) is 0. The summed E-state index contributed by atoms with van der Waals surface area (Å²) in [6.07, 6.45) is 0. The number of carbonyl (C=O) groups is 2. The van der Waals surface area contributed by atoms with Gasteiger partial charge in [0.1, 0.15) is 0 Å². The number of imide groups is 1. The first-order chi connectivity index (χ1) is 10.8. The smallest absolute Gasteiger partial charge is 0.270 e. The van der Waals surface area contributed by atoms with Crippen LogP contribution in [0.25, 0.3) is 0 Å². The van der Waals surface area contributed by atoms with Crippen molar-refractivity contribution in [2.24, 2.45) is 0 Å². The number of amides is 2. The van der Waals surface area contributed by atoms with Gasteiger partial charge in [0.2, 0.25) is 0 Å². The third-order valence-electron chi connectivity index (χ3n) is 3.38. The van der Waals surface area contributed by atoms with Crippen LogP contribution in [0.15, 0.2) is 53.4 Å². The molecule has 1 aliphatic heterocycles. The van der Waals surface area contributed by atoms with Gasteiger partial charge in [-0.05, 0) is 41.6 Å². The molecule has 0 saturated carbocycles. The number of alkyl halides is 3. The summed E-state index contributed by atoms with van der Waals surface area (Å²) in [5.74, 6) is -0.779. The second-order valence-corrected chi connectivity index (χ2v) is 6.07. The highest BCUT2D eigenvalue weighted by Gasteiger charge is 2.35. The maximum atomic E-state index is 12.3. The molecular weight excluding hydrogens is 327 g/mol. The monoisotopic (exact) mass is 337 g/mol. The molecule has 0 fully saturated rings. The normalized spacial score (nSPS) is 14.3. The van der Waals surface area contributed by atoms with Crippen LogP contribution in [0.2, 0.25) is 0 Å². The van der Waals surface area contributed by atoms with E-state index in [0.29, 0.717) is 16.7 Å². The van der Waals surface area contributed by atoms with Gasteiger partial charge in [0.05, 0.1) is 17.7 Å². The van der Waals surface area contributed by atoms with Crippen LogP contribution in [0.4, 0.5) is 13.2 Å². The lowest BCUT2D eigenvalue weighted by Gasteiger charge is -2.14. The first kappa shape index (κ1) is 15.6. The number of hydrogen-bond acceptors (Lipinski definition) is 3. The fourth-order valence-electron chi connectivity index (χ4n) is 2.36. The molecule has 0 spiro atoms. The summed E-state index contributed by atoms with van der Waals surface area (Å²) in [4.78, 5) is 25.6. The molecule has 23 heavy (non-hydrogen) atoms. The molecule has 0 N–H and O–H groups in total. The van der Waals surface area contributed by atoms with E-state index in [-0.39, 0.29) is 35.0 Å². The lowest BCUT2D eigenvalue weighted by molar-refractivity contribution is -0.0328. The second kappa shape index (κ2) is 5.73. The van der Waals surface area contributed by atoms with Gasteiger partial charge in [-0.2, -0.15) is 13.2 Å². The fourth-order valence-corrected chi connectivity index (χ4v) is 2.90. The summed E-state index contributed by atoms with van der Waals surface area (Å²) in [5.41, 5.74) is -3.06. The van der Waals surface area contributed by atoms with Crippen LogP contribution in [0, 0.1) is 0 Å². The molecule has 0 aromatic heterocycles. The molecule has 0 unspecified atom stereocenters. The predicted molar refractivity (Wildman–Crippen MR) is 79.0 cm³/mol. The standard InChI is InChI=1S/C16H10F3NO2S/c17-16(18,19)23-11-7-5-10(6-8-11)9-20-14(21)12-3-1-2-4-13(12)15(20)22/h1-8H,9H2. The molecule has 3 nitrogen and oxygen atoms in total. The molecule has 2 aromatic rings. The maximum Gasteiger partial charge on any atom is 0.446 e. The SMILES string of the molecule is O=C1c2ccccc2C(=O)N1Cc1ccc(SC(F)(F)F)cc1. The molecular formula is C16H10F3NO2S. The second-order valence-electron chi connectivity index (χ2n) is 4.93. The molecule has 0 radical (unpaired) electrons. The Hall–Kier alpha value is -2.28. The highest BCUT2D eigenvalue weighted by Crippen LogP contribution is 2.36. The van der Waals surface area contributed by atoms with Gasteiger partial charge in [0.15, 0.2) is 0 Å². The number of thioether (sulfide) groups is 1. The van der Waals surface area contributed by atoms with E-state index in [1.807, 2.05) is 0 Å². The Balaban J connectivity index is 1.76. The van der Waals surface area contributed by atoms with Gasteiger partial charge in [-0.25, -0.2) is 0 Å². The largest absolute Gasteiger partial charge is 0.446 e. The predicted octanol–water partition coefficient (Wildman–Crippen LogP) is 4.09. The lowest BCUT2D eigenvalue weighted by atomic mass is 10.1. The number of carbonyl (C=O) groups excluding carboxylic acids is 2. The molecule has 0 bridgehead atoms. The molecule has 0 aliphatic carbocycles. The average Bonchev–Trinajstić information content (AvgIpc) is 2.73. The minimum atomic E-state index is -4.34. The zero-order chi connectivity index (χ0) is 16.6. The van der Waals surface area contributed by atoms with Crippen molar-refractivity contribution in [2.45, 2.75) is 16.9 Å². The zero-order valence-corrected chi connectivity index (χ0v) is 12.4. The first-order valence-corrected chi connectivity index (χ1v) is 7.47. The number of nitrogens with zero attached hydrogens (tertiary/aromatic N) is 1. The van der Waals surface area contributed by atoms with E-state index in [1.54, 1.807) is 24.3 Å². The highest BCUT2D eigenvalue weighted by atomic mass is 32.2. The molecule has 0 saturated heterocycles. The van der Waals surface area contributed by atoms with Crippen molar-refractivity contribution in [2.75, 3.05) is 0 Å². The van der Waals surface area contributed by atoms with Crippen molar-refractivity contribution in [1.29, 1.82) is 0 Å². The molecule has 118 valence electrons. The van der Waals surface area contributed by atoms with E-state index in [4.69, 9.17) is 0 Å². The van der Waals surface area contributed by atoms with Crippen LogP contribution in [0.1, 0.15) is 26.3 Å². The topological polar surface area (TPSA) is 37.4 Å². The Morgan fingerprint density at radius 3 is 1.87 bits per heavy atom. The molecule has 2 aromatic carbocycles. The van der Waals surface area contributed by atoms with Gasteiger partial charge < -0.3 is 0 Å². The molecule has 1 heterocycles. The summed E-state index contributed by atoms with van der Waals surface area (Å²) in [6.45, 7) is 0.0311. The van der Waals surface area contributed by atoms with Crippen LogP contribution in [-0.4, -0.2) is 22.2 Å². The van der Waals surface area contributed by atoms with Crippen molar-refractivity contribution < 1.29 is 22.8 Å². The Kier molecular flexibility index (Phi) is 3.89. The van der Waals surface area contributed by atoms with Crippen molar-refractivity contribution >= 4 is 23.6 Å². The van der Waals surface area contributed by atoms with Crippen LogP contribution in [0.5, 0.6) is 0 Å². The number of rotatable bonds is 3. The Morgan fingerprint density at radius 2 is 1.39 bits per heavy atom. The van der Waals surface area contributed by atoms with Crippen molar-refractivity contribution in [3.8, 4) is 0 Å². The number of benzene rings is 2. The fraction of sp³-hybridized carbons (Fsp3) is 0.125. The maximum absolute atomic E-state index is 12.3. The molecule has 7 heteroatoms. The van der Waals surface area contributed by atoms with E-state index in [1.165, 1.54) is 24.3 Å². The van der Waals surface area contributed by atoms with Crippen molar-refractivity contribution in [3.63, 3.8) is 0 Å². The third kappa shape index (κ3) is 3.24. The summed E-state index contributed by atoms with van der Waals surface area (Å²) in [7, 11) is 0. The van der Waals surface area contributed by atoms with Crippen molar-refractivity contribution in [3.05, 3.63) is 65.2 Å². The minimum absolute atomic E-state index is 0.0311. The Bertz CT molecular complexity index is 737. The van der Waals surface area contributed by atoms with Gasteiger partial charge >= 0.3 is 5.51 Å². The summed E-state index contributed by atoms with van der Waals surface area (Å²) >= 11 is -0.204. The lowest BCUT2D eigenvalue weighted by Crippen LogP contribution is -2.29. The van der Waals surface area contributed by atoms with Crippen LogP contribution in [0.3, 0.4) is 0 Å². The minimum Gasteiger partial charge on any atom is -0.270 e. The Morgan fingerprint density at radius 1 is 0.870 bits per heavy atom. The number of halogens is 3. The molecule has 1 aliphatic rings. The van der Waals surface area contributed by atoms with Crippen LogP contribution < -0.4 is 0 Å². The van der Waals surface area contributed by atoms with Crippen LogP contribution in [-0.2, 0) is 6.54 Å². The third-order valence-corrected chi connectivity index (χ3v) is 4.12. The number of hydrogen-bond donors (Lipinski definition) is 0.